The monoisotopic (exact) mass is 197 g/mol. The lowest BCUT2D eigenvalue weighted by Crippen LogP contribution is -1.69. The topological polar surface area (TPSA) is 25.8 Å². The van der Waals surface area contributed by atoms with Crippen LogP contribution in [0.25, 0.3) is 10.3 Å². The zero-order valence-electron chi connectivity index (χ0n) is 6.94. The van der Waals surface area contributed by atoms with Crippen LogP contribution >= 0.6 is 22.2 Å². The van der Waals surface area contributed by atoms with E-state index in [-0.39, 0.29) is 10.5 Å². The van der Waals surface area contributed by atoms with Gasteiger partial charge in [0.2, 0.25) is 0 Å². The molecular weight excluding hydrogens is 188 g/mol. The first-order valence-electron chi connectivity index (χ1n) is 3.56. The zero-order chi connectivity index (χ0) is 8.55. The van der Waals surface area contributed by atoms with E-state index >= 15 is 0 Å². The molecule has 2 nitrogen and oxygen atoms in total. The van der Waals surface area contributed by atoms with Gasteiger partial charge in [-0.15, -0.1) is 0 Å². The number of aryl methyl sites for hydroxylation is 1. The molecule has 12 heavy (non-hydrogen) atoms. The van der Waals surface area contributed by atoms with Crippen molar-refractivity contribution < 1.29 is 0 Å². The van der Waals surface area contributed by atoms with E-state index in [2.05, 4.69) is 22.5 Å². The normalized spacial score (nSPS) is 12.3. The third-order valence-corrected chi connectivity index (χ3v) is 4.89. The molecule has 0 fully saturated rings. The maximum absolute atomic E-state index is 4.48. The summed E-state index contributed by atoms with van der Waals surface area (Å²) in [6.45, 7) is 0. The summed E-state index contributed by atoms with van der Waals surface area (Å²) in [4.78, 5) is 9.94. The van der Waals surface area contributed by atoms with Crippen molar-refractivity contribution in [3.63, 3.8) is 0 Å². The van der Waals surface area contributed by atoms with E-state index in [0.29, 0.717) is 0 Å². The third-order valence-electron chi connectivity index (χ3n) is 1.69. The van der Waals surface area contributed by atoms with Gasteiger partial charge in [-0.1, -0.05) is 11.8 Å². The number of hydrogen-bond donors (Lipinski definition) is 0. The Labute approximate surface area is 78.0 Å². The largest absolute Gasteiger partial charge is 0.304 e. The van der Waals surface area contributed by atoms with E-state index in [9.17, 15) is 0 Å². The van der Waals surface area contributed by atoms with E-state index in [1.165, 1.54) is 4.34 Å². The number of hydrogen-bond acceptors (Lipinski definition) is 3. The van der Waals surface area contributed by atoms with E-state index in [1.54, 1.807) is 11.8 Å². The Bertz CT molecular complexity index is 408. The highest BCUT2D eigenvalue weighted by atomic mass is 32.2. The molecule has 0 spiro atoms. The molecule has 2 aromatic rings. The molecule has 0 aliphatic carbocycles. The Morgan fingerprint density at radius 3 is 3.00 bits per heavy atom. The van der Waals surface area contributed by atoms with Crippen molar-refractivity contribution in [1.29, 1.82) is 0 Å². The lowest BCUT2D eigenvalue weighted by Gasteiger charge is -1.79. The van der Waals surface area contributed by atoms with Gasteiger partial charge in [0.05, 0.1) is 0 Å². The predicted molar refractivity (Wildman–Crippen MR) is 54.8 cm³/mol. The van der Waals surface area contributed by atoms with E-state index in [4.69, 9.17) is 0 Å². The van der Waals surface area contributed by atoms with Crippen molar-refractivity contribution in [3.05, 3.63) is 18.3 Å². The highest BCUT2D eigenvalue weighted by Gasteiger charge is 2.17. The second-order valence-electron chi connectivity index (χ2n) is 2.42. The van der Waals surface area contributed by atoms with Crippen molar-refractivity contribution in [2.45, 2.75) is 4.34 Å². The second kappa shape index (κ2) is 3.03. The van der Waals surface area contributed by atoms with Gasteiger partial charge in [-0.3, -0.25) is 0 Å². The SMILES string of the molecule is CSc1nc2cccnc2[s+]1C. The first kappa shape index (κ1) is 8.01. The van der Waals surface area contributed by atoms with Gasteiger partial charge in [-0.2, -0.15) is 4.98 Å². The van der Waals surface area contributed by atoms with E-state index in [1.807, 2.05) is 18.3 Å². The van der Waals surface area contributed by atoms with Gasteiger partial charge in [0.25, 0.3) is 4.83 Å². The standard InChI is InChI=1S/C8H9N2S2/c1-11-8-10-6-4-3-5-9-7(6)12(8)2/h3-5H,1-2H3/q+1. The number of thiazole rings is 1. The fraction of sp³-hybridized carbons (Fsp3) is 0.250. The number of pyridine rings is 1. The number of aromatic nitrogens is 2. The van der Waals surface area contributed by atoms with Gasteiger partial charge in [0.15, 0.2) is 0 Å². The van der Waals surface area contributed by atoms with Crippen LogP contribution in [0.5, 0.6) is 0 Å². The lowest BCUT2D eigenvalue weighted by atomic mass is 10.5. The maximum Gasteiger partial charge on any atom is 0.304 e. The molecule has 2 heterocycles. The van der Waals surface area contributed by atoms with E-state index in [0.717, 1.165) is 10.3 Å². The predicted octanol–water partition coefficient (Wildman–Crippen LogP) is 2.64. The van der Waals surface area contributed by atoms with Gasteiger partial charge >= 0.3 is 4.34 Å². The van der Waals surface area contributed by atoms with Crippen molar-refractivity contribution in [2.75, 3.05) is 6.26 Å². The molecule has 0 aromatic carbocycles. The summed E-state index contributed by atoms with van der Waals surface area (Å²) in [5.41, 5.74) is 1.05. The fourth-order valence-corrected chi connectivity index (χ4v) is 3.60. The number of rotatable bonds is 1. The summed E-state index contributed by atoms with van der Waals surface area (Å²) >= 11 is 1.72. The third kappa shape index (κ3) is 1.11. The molecule has 2 aromatic heterocycles. The first-order chi connectivity index (χ1) is 5.83. The molecule has 1 unspecified atom stereocenters. The van der Waals surface area contributed by atoms with E-state index < -0.39 is 0 Å². The average molecular weight is 197 g/mol. The summed E-state index contributed by atoms with van der Waals surface area (Å²) in [5, 5.41) is 0. The van der Waals surface area contributed by atoms with Crippen LogP contribution in [0.4, 0.5) is 0 Å². The van der Waals surface area contributed by atoms with Gasteiger partial charge in [-0.25, -0.2) is 4.98 Å². The Hall–Kier alpha value is -0.610. The van der Waals surface area contributed by atoms with Crippen LogP contribution in [0.2, 0.25) is 0 Å². The summed E-state index contributed by atoms with van der Waals surface area (Å²) in [5.74, 6) is 0. The minimum absolute atomic E-state index is 0.116. The smallest absolute Gasteiger partial charge is 0.205 e. The molecule has 0 saturated heterocycles. The van der Waals surface area contributed by atoms with Crippen LogP contribution in [0.3, 0.4) is 0 Å². The summed E-state index contributed by atoms with van der Waals surface area (Å²) in [6, 6.07) is 3.96. The minimum atomic E-state index is 0.116. The lowest BCUT2D eigenvalue weighted by molar-refractivity contribution is 1.29. The Balaban J connectivity index is 2.78. The Kier molecular flexibility index (Phi) is 2.02. The molecule has 0 aliphatic rings. The molecule has 0 amide bonds. The summed E-state index contributed by atoms with van der Waals surface area (Å²) in [7, 11) is 0.116. The van der Waals surface area contributed by atoms with Crippen LogP contribution < -0.4 is 0 Å². The average Bonchev–Trinajstić information content (AvgIpc) is 2.44. The Morgan fingerprint density at radius 2 is 2.33 bits per heavy atom. The van der Waals surface area contributed by atoms with Crippen molar-refractivity contribution in [2.24, 2.45) is 6.26 Å². The molecular formula is C8H9N2S2+. The first-order valence-corrected chi connectivity index (χ1v) is 6.42. The van der Waals surface area contributed by atoms with Crippen LogP contribution in [-0.4, -0.2) is 16.2 Å². The summed E-state index contributed by atoms with van der Waals surface area (Å²) in [6.07, 6.45) is 6.07. The highest BCUT2D eigenvalue weighted by molar-refractivity contribution is 8.01. The quantitative estimate of drug-likeness (QED) is 0.519. The molecule has 0 aliphatic heterocycles. The van der Waals surface area contributed by atoms with Crippen LogP contribution in [0.15, 0.2) is 22.7 Å². The second-order valence-corrected chi connectivity index (χ2v) is 5.27. The fourth-order valence-electron chi connectivity index (χ4n) is 1.12. The van der Waals surface area contributed by atoms with Crippen LogP contribution in [0.1, 0.15) is 0 Å². The van der Waals surface area contributed by atoms with Crippen molar-refractivity contribution in [1.82, 2.24) is 9.97 Å². The molecule has 2 rings (SSSR count). The molecule has 62 valence electrons. The number of fused-ring (bicyclic) bond motifs is 1. The van der Waals surface area contributed by atoms with Crippen LogP contribution in [0, 0.1) is 0 Å². The molecule has 1 atom stereocenters. The van der Waals surface area contributed by atoms with Gasteiger partial charge in [0, 0.05) is 16.7 Å². The Morgan fingerprint density at radius 1 is 1.50 bits per heavy atom. The molecule has 0 bridgehead atoms. The number of nitrogens with zero attached hydrogens (tertiary/aromatic N) is 2. The summed E-state index contributed by atoms with van der Waals surface area (Å²) < 4.78 is 1.20. The molecule has 0 N–H and O–H groups in total. The molecule has 4 heteroatoms. The van der Waals surface area contributed by atoms with Crippen molar-refractivity contribution in [3.8, 4) is 0 Å². The zero-order valence-corrected chi connectivity index (χ0v) is 8.58. The van der Waals surface area contributed by atoms with Gasteiger partial charge in [0.1, 0.15) is 11.8 Å². The van der Waals surface area contributed by atoms with Crippen molar-refractivity contribution >= 4 is 32.6 Å². The molecule has 0 radical (unpaired) electrons. The minimum Gasteiger partial charge on any atom is -0.205 e. The highest BCUT2D eigenvalue weighted by Crippen LogP contribution is 2.34. The van der Waals surface area contributed by atoms with Gasteiger partial charge in [-0.05, 0) is 18.4 Å². The van der Waals surface area contributed by atoms with Crippen LogP contribution in [-0.2, 0) is 6.26 Å². The molecule has 0 saturated carbocycles. The number of thioether (sulfide) groups is 1. The maximum atomic E-state index is 4.48. The van der Waals surface area contributed by atoms with Gasteiger partial charge < -0.3 is 0 Å².